The zero-order chi connectivity index (χ0) is 26.7. The Labute approximate surface area is 212 Å². The first-order valence-electron chi connectivity index (χ1n) is 11.0. The number of hydrogen-bond donors (Lipinski definition) is 2. The number of ether oxygens (including phenoxy) is 1. The van der Waals surface area contributed by atoms with E-state index >= 15 is 0 Å². The van der Waals surface area contributed by atoms with Gasteiger partial charge in [-0.15, -0.1) is 0 Å². The molecule has 3 rings (SSSR count). The van der Waals surface area contributed by atoms with Gasteiger partial charge in [-0.25, -0.2) is 21.1 Å². The monoisotopic (exact) mass is 531 g/mol. The maximum atomic E-state index is 12.8. The Hall–Kier alpha value is -3.41. The van der Waals surface area contributed by atoms with Crippen LogP contribution >= 0.6 is 0 Å². The maximum absolute atomic E-state index is 12.8. The summed E-state index contributed by atoms with van der Waals surface area (Å²) in [5.74, 6) is -0.192. The molecule has 0 fully saturated rings. The summed E-state index contributed by atoms with van der Waals surface area (Å²) in [6, 6.07) is 15.7. The van der Waals surface area contributed by atoms with Gasteiger partial charge in [-0.1, -0.05) is 18.2 Å². The van der Waals surface area contributed by atoms with Crippen molar-refractivity contribution < 1.29 is 26.4 Å². The number of nitrogens with zero attached hydrogens (tertiary/aromatic N) is 1. The summed E-state index contributed by atoms with van der Waals surface area (Å²) in [6.45, 7) is 5.09. The van der Waals surface area contributed by atoms with E-state index in [4.69, 9.17) is 4.74 Å². The SMILES string of the molecule is Cc1ccc(C)c(NS(=O)(=O)c2ccc(OCC(=O)Nc3cc(S(=O)(=O)N(C)C)ccc3C)cc2)c1. The lowest BCUT2D eigenvalue weighted by Gasteiger charge is -2.15. The van der Waals surface area contributed by atoms with Crippen LogP contribution in [0.5, 0.6) is 5.75 Å². The van der Waals surface area contributed by atoms with Crippen LogP contribution in [0.15, 0.2) is 70.5 Å². The molecule has 0 radical (unpaired) electrons. The Morgan fingerprint density at radius 3 is 2.03 bits per heavy atom. The van der Waals surface area contributed by atoms with E-state index < -0.39 is 26.0 Å². The van der Waals surface area contributed by atoms with Gasteiger partial charge < -0.3 is 10.1 Å². The summed E-state index contributed by atoms with van der Waals surface area (Å²) in [4.78, 5) is 12.5. The number of rotatable bonds is 9. The van der Waals surface area contributed by atoms with Gasteiger partial charge in [0.05, 0.1) is 15.5 Å². The molecule has 0 aliphatic rings. The molecule has 0 spiro atoms. The predicted molar refractivity (Wildman–Crippen MR) is 139 cm³/mol. The minimum Gasteiger partial charge on any atom is -0.484 e. The highest BCUT2D eigenvalue weighted by Gasteiger charge is 2.19. The molecule has 0 bridgehead atoms. The van der Waals surface area contributed by atoms with Crippen molar-refractivity contribution in [3.63, 3.8) is 0 Å². The minimum atomic E-state index is -3.81. The van der Waals surface area contributed by atoms with Gasteiger partial charge >= 0.3 is 0 Å². The molecule has 11 heteroatoms. The van der Waals surface area contributed by atoms with Gasteiger partial charge in [0.1, 0.15) is 5.75 Å². The lowest BCUT2D eigenvalue weighted by molar-refractivity contribution is -0.118. The van der Waals surface area contributed by atoms with Crippen molar-refractivity contribution in [1.29, 1.82) is 0 Å². The molecule has 36 heavy (non-hydrogen) atoms. The number of sulfonamides is 2. The van der Waals surface area contributed by atoms with Crippen molar-refractivity contribution in [2.24, 2.45) is 0 Å². The first kappa shape index (κ1) is 27.2. The molecule has 0 saturated carbocycles. The van der Waals surface area contributed by atoms with E-state index in [0.717, 1.165) is 15.4 Å². The highest BCUT2D eigenvalue weighted by molar-refractivity contribution is 7.92. The van der Waals surface area contributed by atoms with E-state index in [2.05, 4.69) is 10.0 Å². The molecular weight excluding hydrogens is 502 g/mol. The Morgan fingerprint density at radius 2 is 1.39 bits per heavy atom. The Morgan fingerprint density at radius 1 is 0.806 bits per heavy atom. The van der Waals surface area contributed by atoms with Gasteiger partial charge in [-0.2, -0.15) is 0 Å². The summed E-state index contributed by atoms with van der Waals surface area (Å²) < 4.78 is 59.4. The van der Waals surface area contributed by atoms with E-state index in [1.807, 2.05) is 26.0 Å². The second-order valence-corrected chi connectivity index (χ2v) is 12.3. The molecule has 2 N–H and O–H groups in total. The van der Waals surface area contributed by atoms with E-state index in [0.29, 0.717) is 22.7 Å². The number of carbonyl (C=O) groups is 1. The molecule has 9 nitrogen and oxygen atoms in total. The fraction of sp³-hybridized carbons (Fsp3) is 0.240. The fourth-order valence-corrected chi connectivity index (χ4v) is 5.26. The van der Waals surface area contributed by atoms with Gasteiger partial charge in [-0.3, -0.25) is 9.52 Å². The van der Waals surface area contributed by atoms with Crippen LogP contribution in [0.2, 0.25) is 0 Å². The molecule has 0 saturated heterocycles. The first-order valence-corrected chi connectivity index (χ1v) is 13.9. The van der Waals surface area contributed by atoms with Crippen molar-refractivity contribution >= 4 is 37.3 Å². The second kappa shape index (κ2) is 10.7. The van der Waals surface area contributed by atoms with Gasteiger partial charge in [-0.05, 0) is 79.9 Å². The fourth-order valence-electron chi connectivity index (χ4n) is 3.21. The average molecular weight is 532 g/mol. The van der Waals surface area contributed by atoms with Gasteiger partial charge in [0.2, 0.25) is 10.0 Å². The number of amides is 1. The molecule has 3 aromatic rings. The summed E-state index contributed by atoms with van der Waals surface area (Å²) in [5, 5.41) is 2.65. The molecule has 0 unspecified atom stereocenters. The Bertz CT molecular complexity index is 1480. The third-order valence-electron chi connectivity index (χ3n) is 5.40. The molecule has 0 aliphatic carbocycles. The number of anilines is 2. The molecule has 0 aromatic heterocycles. The highest BCUT2D eigenvalue weighted by Crippen LogP contribution is 2.24. The average Bonchev–Trinajstić information content (AvgIpc) is 2.81. The van der Waals surface area contributed by atoms with Gasteiger partial charge in [0, 0.05) is 19.8 Å². The van der Waals surface area contributed by atoms with Gasteiger partial charge in [0.15, 0.2) is 6.61 Å². The van der Waals surface area contributed by atoms with Crippen LogP contribution in [0.25, 0.3) is 0 Å². The summed E-state index contributed by atoms with van der Waals surface area (Å²) in [5.41, 5.74) is 3.28. The minimum absolute atomic E-state index is 0.0507. The topological polar surface area (TPSA) is 122 Å². The lowest BCUT2D eigenvalue weighted by atomic mass is 10.1. The van der Waals surface area contributed by atoms with Crippen LogP contribution in [0.4, 0.5) is 11.4 Å². The lowest BCUT2D eigenvalue weighted by Crippen LogP contribution is -2.23. The van der Waals surface area contributed by atoms with Crippen LogP contribution < -0.4 is 14.8 Å². The van der Waals surface area contributed by atoms with Crippen LogP contribution in [0.1, 0.15) is 16.7 Å². The summed E-state index contributed by atoms with van der Waals surface area (Å²) in [7, 11) is -4.60. The molecule has 192 valence electrons. The number of hydrogen-bond acceptors (Lipinski definition) is 6. The number of benzene rings is 3. The molecular formula is C25H29N3O6S2. The quantitative estimate of drug-likeness (QED) is 0.434. The smallest absolute Gasteiger partial charge is 0.262 e. The third kappa shape index (κ3) is 6.42. The summed E-state index contributed by atoms with van der Waals surface area (Å²) >= 11 is 0. The third-order valence-corrected chi connectivity index (χ3v) is 8.60. The number of aryl methyl sites for hydroxylation is 3. The Balaban J connectivity index is 1.65. The van der Waals surface area contributed by atoms with Gasteiger partial charge in [0.25, 0.3) is 15.9 Å². The Kier molecular flexibility index (Phi) is 8.07. The molecule has 0 atom stereocenters. The van der Waals surface area contributed by atoms with Crippen LogP contribution in [-0.2, 0) is 24.8 Å². The number of carbonyl (C=O) groups excluding carboxylic acids is 1. The van der Waals surface area contributed by atoms with E-state index in [1.165, 1.54) is 50.5 Å². The predicted octanol–water partition coefficient (Wildman–Crippen LogP) is 3.68. The van der Waals surface area contributed by atoms with E-state index in [9.17, 15) is 21.6 Å². The van der Waals surface area contributed by atoms with Crippen molar-refractivity contribution in [2.45, 2.75) is 30.6 Å². The van der Waals surface area contributed by atoms with Crippen LogP contribution in [0.3, 0.4) is 0 Å². The van der Waals surface area contributed by atoms with Crippen molar-refractivity contribution in [1.82, 2.24) is 4.31 Å². The standard InChI is InChI=1S/C25H29N3O6S2/c1-17-6-7-19(3)24(14-17)27-35(30,31)21-12-9-20(10-13-21)34-16-25(29)26-23-15-22(11-8-18(23)2)36(32,33)28(4)5/h6-15,27H,16H2,1-5H3,(H,26,29). The normalized spacial score (nSPS) is 11.8. The maximum Gasteiger partial charge on any atom is 0.262 e. The van der Waals surface area contributed by atoms with E-state index in [1.54, 1.807) is 19.1 Å². The first-order chi connectivity index (χ1) is 16.8. The highest BCUT2D eigenvalue weighted by atomic mass is 32.2. The summed E-state index contributed by atoms with van der Waals surface area (Å²) in [6.07, 6.45) is 0. The largest absolute Gasteiger partial charge is 0.484 e. The van der Waals surface area contributed by atoms with Crippen molar-refractivity contribution in [3.05, 3.63) is 77.4 Å². The van der Waals surface area contributed by atoms with E-state index in [-0.39, 0.29) is 16.4 Å². The number of nitrogens with one attached hydrogen (secondary N) is 2. The zero-order valence-electron chi connectivity index (χ0n) is 20.7. The molecule has 0 heterocycles. The van der Waals surface area contributed by atoms with Crippen LogP contribution in [0, 0.1) is 20.8 Å². The zero-order valence-corrected chi connectivity index (χ0v) is 22.3. The second-order valence-electron chi connectivity index (χ2n) is 8.50. The van der Waals surface area contributed by atoms with Crippen molar-refractivity contribution in [3.8, 4) is 5.75 Å². The van der Waals surface area contributed by atoms with Crippen molar-refractivity contribution in [2.75, 3.05) is 30.7 Å². The molecule has 0 aliphatic heterocycles. The molecule has 1 amide bonds. The van der Waals surface area contributed by atoms with Crippen LogP contribution in [-0.4, -0.2) is 47.8 Å². The molecule has 3 aromatic carbocycles.